The van der Waals surface area contributed by atoms with E-state index in [1.165, 1.54) is 16.7 Å². The average molecular weight is 423 g/mol. The molecule has 0 radical (unpaired) electrons. The summed E-state index contributed by atoms with van der Waals surface area (Å²) in [5.41, 5.74) is 1.76. The number of halogens is 2. The molecule has 0 saturated carbocycles. The van der Waals surface area contributed by atoms with Gasteiger partial charge in [0.25, 0.3) is 11.8 Å². The van der Waals surface area contributed by atoms with Gasteiger partial charge in [0.15, 0.2) is 0 Å². The molecule has 1 saturated heterocycles. The molecule has 0 spiro atoms. The highest BCUT2D eigenvalue weighted by atomic mass is 35.5. The number of carbonyl (C=O) groups excluding carboxylic acids is 2. The van der Waals surface area contributed by atoms with E-state index in [0.29, 0.717) is 30.5 Å². The van der Waals surface area contributed by atoms with Gasteiger partial charge < -0.3 is 5.32 Å². The number of nitrogens with one attached hydrogen (secondary N) is 1. The first-order chi connectivity index (χ1) is 12.3. The van der Waals surface area contributed by atoms with Crippen LogP contribution in [-0.4, -0.2) is 28.1 Å². The third kappa shape index (κ3) is 4.10. The molecule has 8 heteroatoms. The molecule has 1 aliphatic rings. The van der Waals surface area contributed by atoms with Crippen molar-refractivity contribution in [3.05, 3.63) is 68.5 Å². The van der Waals surface area contributed by atoms with E-state index in [1.54, 1.807) is 55.6 Å². The third-order valence-electron chi connectivity index (χ3n) is 3.64. The van der Waals surface area contributed by atoms with Gasteiger partial charge in [0.2, 0.25) is 0 Å². The number of hydrogen-bond donors (Lipinski definition) is 1. The lowest BCUT2D eigenvalue weighted by atomic mass is 10.1. The van der Waals surface area contributed by atoms with E-state index < -0.39 is 0 Å². The molecular formula is C18H12Cl2N2O2S2. The van der Waals surface area contributed by atoms with Crippen LogP contribution in [0.2, 0.25) is 10.0 Å². The van der Waals surface area contributed by atoms with E-state index in [1.807, 2.05) is 0 Å². The summed E-state index contributed by atoms with van der Waals surface area (Å²) in [6.07, 6.45) is 1.75. The number of thioether (sulfide) groups is 1. The molecule has 0 bridgehead atoms. The van der Waals surface area contributed by atoms with Crippen LogP contribution >= 0.6 is 47.2 Å². The number of nitrogens with zero attached hydrogens (tertiary/aromatic N) is 1. The van der Waals surface area contributed by atoms with Gasteiger partial charge in [0, 0.05) is 17.6 Å². The number of rotatable bonds is 3. The second-order valence-electron chi connectivity index (χ2n) is 5.44. The molecular weight excluding hydrogens is 411 g/mol. The maximum Gasteiger partial charge on any atom is 0.265 e. The highest BCUT2D eigenvalue weighted by molar-refractivity contribution is 8.26. The zero-order chi connectivity index (χ0) is 18.8. The molecule has 2 aromatic carbocycles. The Kier molecular flexibility index (Phi) is 5.67. The summed E-state index contributed by atoms with van der Waals surface area (Å²) in [6.45, 7) is 0. The lowest BCUT2D eigenvalue weighted by molar-refractivity contribution is -0.121. The topological polar surface area (TPSA) is 49.4 Å². The molecule has 26 heavy (non-hydrogen) atoms. The summed E-state index contributed by atoms with van der Waals surface area (Å²) in [5, 5.41) is 3.60. The van der Waals surface area contributed by atoms with E-state index in [9.17, 15) is 9.59 Å². The Labute approximate surface area is 170 Å². The number of hydrogen-bond acceptors (Lipinski definition) is 4. The second-order valence-corrected chi connectivity index (χ2v) is 7.96. The largest absolute Gasteiger partial charge is 0.321 e. The van der Waals surface area contributed by atoms with Gasteiger partial charge in [-0.25, -0.2) is 0 Å². The van der Waals surface area contributed by atoms with Crippen molar-refractivity contribution >= 4 is 75.1 Å². The van der Waals surface area contributed by atoms with Gasteiger partial charge in [-0.1, -0.05) is 59.3 Å². The van der Waals surface area contributed by atoms with E-state index in [4.69, 9.17) is 35.4 Å². The van der Waals surface area contributed by atoms with Crippen molar-refractivity contribution in [2.24, 2.45) is 0 Å². The predicted molar refractivity (Wildman–Crippen MR) is 112 cm³/mol. The molecule has 2 aromatic rings. The standard InChI is InChI=1S/C18H12Cl2N2O2S2/c1-22-17(24)15(26-18(22)25)8-10-2-4-11(5-3-10)16(23)21-14-7-6-12(19)9-13(14)20/h2-9H,1H3,(H,21,23)/b15-8+. The van der Waals surface area contributed by atoms with Crippen molar-refractivity contribution in [1.82, 2.24) is 4.90 Å². The summed E-state index contributed by atoms with van der Waals surface area (Å²) in [7, 11) is 1.65. The van der Waals surface area contributed by atoms with Crippen LogP contribution in [0, 0.1) is 0 Å². The van der Waals surface area contributed by atoms with Crippen LogP contribution in [0.15, 0.2) is 47.4 Å². The lowest BCUT2D eigenvalue weighted by Crippen LogP contribution is -2.22. The SMILES string of the molecule is CN1C(=O)/C(=C\c2ccc(C(=O)Nc3ccc(Cl)cc3Cl)cc2)SC1=S. The Balaban J connectivity index is 1.74. The highest BCUT2D eigenvalue weighted by Gasteiger charge is 2.28. The zero-order valence-electron chi connectivity index (χ0n) is 13.5. The maximum atomic E-state index is 12.3. The van der Waals surface area contributed by atoms with Gasteiger partial charge >= 0.3 is 0 Å². The minimum absolute atomic E-state index is 0.126. The lowest BCUT2D eigenvalue weighted by Gasteiger charge is -2.08. The molecule has 0 aliphatic carbocycles. The van der Waals surface area contributed by atoms with Crippen LogP contribution in [0.1, 0.15) is 15.9 Å². The number of likely N-dealkylation sites (N-methyl/N-ethyl adjacent to an activating group) is 1. The van der Waals surface area contributed by atoms with Crippen molar-refractivity contribution in [3.8, 4) is 0 Å². The Bertz CT molecular complexity index is 943. The minimum Gasteiger partial charge on any atom is -0.321 e. The quantitative estimate of drug-likeness (QED) is 0.553. The van der Waals surface area contributed by atoms with Gasteiger partial charge in [0.05, 0.1) is 15.6 Å². The van der Waals surface area contributed by atoms with Gasteiger partial charge in [-0.3, -0.25) is 14.5 Å². The van der Waals surface area contributed by atoms with Crippen LogP contribution < -0.4 is 5.32 Å². The summed E-state index contributed by atoms with van der Waals surface area (Å²) in [6, 6.07) is 11.7. The van der Waals surface area contributed by atoms with Crippen molar-refractivity contribution in [2.45, 2.75) is 0 Å². The molecule has 0 atom stereocenters. The normalized spacial score (nSPS) is 15.7. The molecule has 0 aromatic heterocycles. The van der Waals surface area contributed by atoms with Crippen LogP contribution in [0.3, 0.4) is 0 Å². The van der Waals surface area contributed by atoms with E-state index in [0.717, 1.165) is 5.56 Å². The second kappa shape index (κ2) is 7.80. The molecule has 3 rings (SSSR count). The van der Waals surface area contributed by atoms with Crippen molar-refractivity contribution in [2.75, 3.05) is 12.4 Å². The molecule has 1 fully saturated rings. The Hall–Kier alpha value is -1.86. The first-order valence-corrected chi connectivity index (χ1v) is 9.41. The summed E-state index contributed by atoms with van der Waals surface area (Å²) >= 11 is 18.3. The Morgan fingerprint density at radius 1 is 1.19 bits per heavy atom. The predicted octanol–water partition coefficient (Wildman–Crippen LogP) is 5.08. The monoisotopic (exact) mass is 422 g/mol. The average Bonchev–Trinajstić information content (AvgIpc) is 2.85. The minimum atomic E-state index is -0.291. The first-order valence-electron chi connectivity index (χ1n) is 7.43. The van der Waals surface area contributed by atoms with E-state index >= 15 is 0 Å². The smallest absolute Gasteiger partial charge is 0.265 e. The van der Waals surface area contributed by atoms with Crippen molar-refractivity contribution in [3.63, 3.8) is 0 Å². The molecule has 1 N–H and O–H groups in total. The van der Waals surface area contributed by atoms with E-state index in [-0.39, 0.29) is 11.8 Å². The molecule has 132 valence electrons. The Morgan fingerprint density at radius 3 is 2.46 bits per heavy atom. The fourth-order valence-electron chi connectivity index (χ4n) is 2.21. The summed E-state index contributed by atoms with van der Waals surface area (Å²) in [5.74, 6) is -0.417. The molecule has 1 aliphatic heterocycles. The molecule has 1 heterocycles. The van der Waals surface area contributed by atoms with Crippen LogP contribution in [0.5, 0.6) is 0 Å². The molecule has 2 amide bonds. The maximum absolute atomic E-state index is 12.3. The molecule has 4 nitrogen and oxygen atoms in total. The Morgan fingerprint density at radius 2 is 1.88 bits per heavy atom. The zero-order valence-corrected chi connectivity index (χ0v) is 16.6. The number of amides is 2. The third-order valence-corrected chi connectivity index (χ3v) is 5.67. The van der Waals surface area contributed by atoms with Gasteiger partial charge in [-0.15, -0.1) is 0 Å². The highest BCUT2D eigenvalue weighted by Crippen LogP contribution is 2.31. The van der Waals surface area contributed by atoms with Crippen LogP contribution in [-0.2, 0) is 4.79 Å². The van der Waals surface area contributed by atoms with Crippen molar-refractivity contribution in [1.29, 1.82) is 0 Å². The molecule has 0 unspecified atom stereocenters. The van der Waals surface area contributed by atoms with Crippen molar-refractivity contribution < 1.29 is 9.59 Å². The first kappa shape index (κ1) is 18.9. The number of anilines is 1. The summed E-state index contributed by atoms with van der Waals surface area (Å²) in [4.78, 5) is 26.4. The van der Waals surface area contributed by atoms with Gasteiger partial charge in [0.1, 0.15) is 4.32 Å². The number of benzene rings is 2. The number of thiocarbonyl (C=S) groups is 1. The fourth-order valence-corrected chi connectivity index (χ4v) is 3.85. The van der Waals surface area contributed by atoms with E-state index in [2.05, 4.69) is 5.32 Å². The van der Waals surface area contributed by atoms with Gasteiger partial charge in [-0.2, -0.15) is 0 Å². The van der Waals surface area contributed by atoms with Crippen LogP contribution in [0.25, 0.3) is 6.08 Å². The summed E-state index contributed by atoms with van der Waals surface area (Å²) < 4.78 is 0.525. The van der Waals surface area contributed by atoms with Gasteiger partial charge in [-0.05, 0) is 42.0 Å². The number of carbonyl (C=O) groups is 2. The van der Waals surface area contributed by atoms with Crippen LogP contribution in [0.4, 0.5) is 5.69 Å². The fraction of sp³-hybridized carbons (Fsp3) is 0.0556.